The third-order valence-corrected chi connectivity index (χ3v) is 4.62. The second-order valence-electron chi connectivity index (χ2n) is 6.60. The third kappa shape index (κ3) is 3.81. The first-order chi connectivity index (χ1) is 12.2. The van der Waals surface area contributed by atoms with Gasteiger partial charge >= 0.3 is 12.2 Å². The molecule has 1 aliphatic rings. The number of aliphatic hydroxyl groups is 1. The van der Waals surface area contributed by atoms with E-state index in [1.165, 1.54) is 19.2 Å². The van der Waals surface area contributed by atoms with Crippen molar-refractivity contribution >= 4 is 0 Å². The average molecular weight is 367 g/mol. The van der Waals surface area contributed by atoms with Crippen LogP contribution >= 0.6 is 0 Å². The largest absolute Gasteiger partial charge is 0.467 e. The Morgan fingerprint density at radius 3 is 2.50 bits per heavy atom. The molecule has 2 heterocycles. The van der Waals surface area contributed by atoms with Crippen LogP contribution in [0.1, 0.15) is 42.6 Å². The topological polar surface area (TPSA) is 67.3 Å². The molecule has 26 heavy (non-hydrogen) atoms. The van der Waals surface area contributed by atoms with E-state index in [9.17, 15) is 18.3 Å². The summed E-state index contributed by atoms with van der Waals surface area (Å²) in [6.45, 7) is 1.92. The molecule has 1 fully saturated rings. The summed E-state index contributed by atoms with van der Waals surface area (Å²) in [6, 6.07) is 6.32. The minimum absolute atomic E-state index is 0.0537. The fraction of sp³-hybridized carbons (Fsp3) is 0.444. The Balaban J connectivity index is 1.88. The number of rotatable bonds is 3. The number of aromatic nitrogens is 2. The van der Waals surface area contributed by atoms with Gasteiger partial charge < -0.3 is 15.2 Å². The van der Waals surface area contributed by atoms with Crippen LogP contribution in [-0.2, 0) is 11.8 Å². The Labute approximate surface area is 149 Å². The summed E-state index contributed by atoms with van der Waals surface area (Å²) >= 11 is 0. The van der Waals surface area contributed by atoms with Gasteiger partial charge in [0.1, 0.15) is 0 Å². The van der Waals surface area contributed by atoms with Gasteiger partial charge in [-0.1, -0.05) is 12.1 Å². The van der Waals surface area contributed by atoms with E-state index in [0.717, 1.165) is 12.1 Å². The predicted octanol–water partition coefficient (Wildman–Crippen LogP) is 3.20. The van der Waals surface area contributed by atoms with Crippen molar-refractivity contribution in [3.05, 3.63) is 53.3 Å². The Morgan fingerprint density at radius 1 is 1.19 bits per heavy atom. The molecular formula is C18H20F3N3O2. The van der Waals surface area contributed by atoms with Crippen LogP contribution in [0.4, 0.5) is 13.2 Å². The van der Waals surface area contributed by atoms with Crippen molar-refractivity contribution < 1.29 is 23.0 Å². The first-order valence-corrected chi connectivity index (χ1v) is 8.24. The summed E-state index contributed by atoms with van der Waals surface area (Å²) in [5.74, 6) is 0. The third-order valence-electron chi connectivity index (χ3n) is 4.62. The van der Waals surface area contributed by atoms with Gasteiger partial charge in [-0.05, 0) is 37.1 Å². The summed E-state index contributed by atoms with van der Waals surface area (Å²) in [6.07, 6.45) is -2.16. The van der Waals surface area contributed by atoms with E-state index in [1.54, 1.807) is 12.3 Å². The SMILES string of the molecule is COc1nccc(C2CC(O)(c3ccc(C(F)(F)F)cc3)CC(C)N2)n1. The lowest BCUT2D eigenvalue weighted by Gasteiger charge is -2.41. The van der Waals surface area contributed by atoms with Gasteiger partial charge in [0.15, 0.2) is 0 Å². The minimum Gasteiger partial charge on any atom is -0.467 e. The molecule has 8 heteroatoms. The molecule has 1 saturated heterocycles. The Hall–Kier alpha value is -2.19. The second kappa shape index (κ2) is 6.85. The fourth-order valence-corrected chi connectivity index (χ4v) is 3.43. The summed E-state index contributed by atoms with van der Waals surface area (Å²) in [5.41, 5.74) is -0.861. The van der Waals surface area contributed by atoms with E-state index >= 15 is 0 Å². The molecule has 3 atom stereocenters. The molecule has 0 aliphatic carbocycles. The average Bonchev–Trinajstić information content (AvgIpc) is 2.60. The van der Waals surface area contributed by atoms with E-state index in [4.69, 9.17) is 4.74 Å². The molecule has 0 amide bonds. The van der Waals surface area contributed by atoms with Crippen LogP contribution in [0.25, 0.3) is 0 Å². The van der Waals surface area contributed by atoms with Gasteiger partial charge in [0.25, 0.3) is 0 Å². The molecule has 1 aromatic carbocycles. The lowest BCUT2D eigenvalue weighted by molar-refractivity contribution is -0.137. The highest BCUT2D eigenvalue weighted by Gasteiger charge is 2.40. The molecule has 1 aliphatic heterocycles. The van der Waals surface area contributed by atoms with Crippen LogP contribution < -0.4 is 10.1 Å². The maximum atomic E-state index is 12.8. The zero-order chi connectivity index (χ0) is 18.9. The van der Waals surface area contributed by atoms with Gasteiger partial charge in [-0.15, -0.1) is 0 Å². The Morgan fingerprint density at radius 2 is 1.88 bits per heavy atom. The zero-order valence-electron chi connectivity index (χ0n) is 14.4. The molecule has 3 rings (SSSR count). The molecule has 2 N–H and O–H groups in total. The molecule has 2 aromatic rings. The number of hydrogen-bond acceptors (Lipinski definition) is 5. The molecule has 0 spiro atoms. The van der Waals surface area contributed by atoms with Crippen LogP contribution in [-0.4, -0.2) is 28.2 Å². The van der Waals surface area contributed by atoms with Crippen molar-refractivity contribution in [2.45, 2.75) is 43.6 Å². The van der Waals surface area contributed by atoms with Gasteiger partial charge in [-0.25, -0.2) is 4.98 Å². The molecule has 3 unspecified atom stereocenters. The molecule has 140 valence electrons. The van der Waals surface area contributed by atoms with Crippen molar-refractivity contribution in [2.75, 3.05) is 7.11 Å². The van der Waals surface area contributed by atoms with E-state index < -0.39 is 17.3 Å². The molecule has 1 aromatic heterocycles. The number of methoxy groups -OCH3 is 1. The highest BCUT2D eigenvalue weighted by molar-refractivity contribution is 5.30. The van der Waals surface area contributed by atoms with Crippen molar-refractivity contribution in [3.63, 3.8) is 0 Å². The van der Waals surface area contributed by atoms with E-state index in [2.05, 4.69) is 15.3 Å². The van der Waals surface area contributed by atoms with Gasteiger partial charge in [0.2, 0.25) is 0 Å². The van der Waals surface area contributed by atoms with Gasteiger partial charge in [0.05, 0.1) is 30.0 Å². The molecule has 0 saturated carbocycles. The minimum atomic E-state index is -4.40. The Kier molecular flexibility index (Phi) is 4.90. The van der Waals surface area contributed by atoms with E-state index in [-0.39, 0.29) is 24.5 Å². The zero-order valence-corrected chi connectivity index (χ0v) is 14.4. The number of ether oxygens (including phenoxy) is 1. The quantitative estimate of drug-likeness (QED) is 0.872. The number of alkyl halides is 3. The Bertz CT molecular complexity index is 767. The number of piperidine rings is 1. The fourth-order valence-electron chi connectivity index (χ4n) is 3.43. The summed E-state index contributed by atoms with van der Waals surface area (Å²) < 4.78 is 43.4. The first kappa shape index (κ1) is 18.6. The molecular weight excluding hydrogens is 347 g/mol. The van der Waals surface area contributed by atoms with Crippen molar-refractivity contribution in [2.24, 2.45) is 0 Å². The number of nitrogens with zero attached hydrogens (tertiary/aromatic N) is 2. The van der Waals surface area contributed by atoms with Crippen LogP contribution in [0.5, 0.6) is 6.01 Å². The first-order valence-electron chi connectivity index (χ1n) is 8.24. The van der Waals surface area contributed by atoms with E-state index in [1.807, 2.05) is 6.92 Å². The molecule has 0 bridgehead atoms. The second-order valence-corrected chi connectivity index (χ2v) is 6.60. The lowest BCUT2D eigenvalue weighted by Crippen LogP contribution is -2.47. The van der Waals surface area contributed by atoms with Gasteiger partial charge in [-0.2, -0.15) is 18.2 Å². The number of hydrogen-bond donors (Lipinski definition) is 2. The van der Waals surface area contributed by atoms with Crippen molar-refractivity contribution in [1.29, 1.82) is 0 Å². The van der Waals surface area contributed by atoms with Crippen molar-refractivity contribution in [1.82, 2.24) is 15.3 Å². The summed E-state index contributed by atoms with van der Waals surface area (Å²) in [7, 11) is 1.47. The lowest BCUT2D eigenvalue weighted by atomic mass is 9.78. The molecule has 0 radical (unpaired) electrons. The van der Waals surface area contributed by atoms with Crippen LogP contribution in [0.2, 0.25) is 0 Å². The maximum Gasteiger partial charge on any atom is 0.416 e. The van der Waals surface area contributed by atoms with Crippen LogP contribution in [0.15, 0.2) is 36.5 Å². The molecule has 5 nitrogen and oxygen atoms in total. The highest BCUT2D eigenvalue weighted by atomic mass is 19.4. The smallest absolute Gasteiger partial charge is 0.416 e. The summed E-state index contributed by atoms with van der Waals surface area (Å²) in [4.78, 5) is 8.27. The van der Waals surface area contributed by atoms with Crippen LogP contribution in [0, 0.1) is 0 Å². The van der Waals surface area contributed by atoms with E-state index in [0.29, 0.717) is 17.7 Å². The number of halogens is 3. The standard InChI is InChI=1S/C18H20F3N3O2/c1-11-9-17(25,12-3-5-13(6-4-12)18(19,20)21)10-15(23-11)14-7-8-22-16(24-14)26-2/h3-8,11,15,23,25H,9-10H2,1-2H3. The highest BCUT2D eigenvalue weighted by Crippen LogP contribution is 2.40. The monoisotopic (exact) mass is 367 g/mol. The maximum absolute atomic E-state index is 12.8. The van der Waals surface area contributed by atoms with Gasteiger partial charge in [-0.3, -0.25) is 0 Å². The number of benzene rings is 1. The van der Waals surface area contributed by atoms with Gasteiger partial charge in [0, 0.05) is 18.7 Å². The normalized spacial score (nSPS) is 26.5. The van der Waals surface area contributed by atoms with Crippen molar-refractivity contribution in [3.8, 4) is 6.01 Å². The predicted molar refractivity (Wildman–Crippen MR) is 88.5 cm³/mol. The number of nitrogens with one attached hydrogen (secondary N) is 1. The van der Waals surface area contributed by atoms with Crippen LogP contribution in [0.3, 0.4) is 0 Å². The summed E-state index contributed by atoms with van der Waals surface area (Å²) in [5, 5.41) is 14.5.